The number of hydrogen-bond acceptors (Lipinski definition) is 6. The van der Waals surface area contributed by atoms with Gasteiger partial charge >= 0.3 is 0 Å². The molecule has 0 radical (unpaired) electrons. The van der Waals surface area contributed by atoms with E-state index in [1.807, 2.05) is 11.4 Å². The molecule has 2 heterocycles. The maximum atomic E-state index is 5.58. The zero-order chi connectivity index (χ0) is 9.80. The predicted molar refractivity (Wildman–Crippen MR) is 56.2 cm³/mol. The van der Waals surface area contributed by atoms with E-state index in [9.17, 15) is 0 Å². The van der Waals surface area contributed by atoms with Gasteiger partial charge in [-0.2, -0.15) is 5.10 Å². The monoisotopic (exact) mass is 224 g/mol. The SMILES string of the molecule is NCc1ccnnc1Sc1nccs1. The summed E-state index contributed by atoms with van der Waals surface area (Å²) < 4.78 is 0.959. The van der Waals surface area contributed by atoms with Crippen molar-refractivity contribution in [3.05, 3.63) is 29.4 Å². The van der Waals surface area contributed by atoms with Crippen LogP contribution in [0.25, 0.3) is 0 Å². The van der Waals surface area contributed by atoms with Crippen LogP contribution in [0.2, 0.25) is 0 Å². The highest BCUT2D eigenvalue weighted by Gasteiger charge is 2.06. The molecule has 72 valence electrons. The molecule has 2 rings (SSSR count). The van der Waals surface area contributed by atoms with Gasteiger partial charge in [-0.15, -0.1) is 16.4 Å². The Kier molecular flexibility index (Phi) is 3.07. The number of nitrogens with two attached hydrogens (primary N) is 1. The average molecular weight is 224 g/mol. The summed E-state index contributed by atoms with van der Waals surface area (Å²) in [4.78, 5) is 4.16. The molecule has 14 heavy (non-hydrogen) atoms. The van der Waals surface area contributed by atoms with Crippen molar-refractivity contribution in [1.82, 2.24) is 15.2 Å². The van der Waals surface area contributed by atoms with Gasteiger partial charge in [-0.3, -0.25) is 0 Å². The standard InChI is InChI=1S/C8H8N4S2/c9-5-6-1-2-11-12-7(6)14-8-10-3-4-13-8/h1-4H,5,9H2. The van der Waals surface area contributed by atoms with Gasteiger partial charge in [0.2, 0.25) is 0 Å². The van der Waals surface area contributed by atoms with Gasteiger partial charge in [0.05, 0.1) is 0 Å². The fourth-order valence-electron chi connectivity index (χ4n) is 0.929. The first-order chi connectivity index (χ1) is 6.90. The third kappa shape index (κ3) is 2.09. The van der Waals surface area contributed by atoms with Crippen LogP contribution in [0.1, 0.15) is 5.56 Å². The Labute approximate surface area is 89.6 Å². The Morgan fingerprint density at radius 3 is 3.07 bits per heavy atom. The van der Waals surface area contributed by atoms with Crippen LogP contribution in [-0.4, -0.2) is 15.2 Å². The van der Waals surface area contributed by atoms with Crippen LogP contribution in [0, 0.1) is 0 Å². The van der Waals surface area contributed by atoms with E-state index in [4.69, 9.17) is 5.73 Å². The van der Waals surface area contributed by atoms with Crippen LogP contribution in [-0.2, 0) is 6.54 Å². The van der Waals surface area contributed by atoms with Crippen molar-refractivity contribution >= 4 is 23.1 Å². The molecule has 0 atom stereocenters. The van der Waals surface area contributed by atoms with Gasteiger partial charge in [0.15, 0.2) is 4.34 Å². The molecule has 2 aromatic rings. The summed E-state index contributed by atoms with van der Waals surface area (Å²) >= 11 is 3.08. The first-order valence-corrected chi connectivity index (χ1v) is 5.67. The van der Waals surface area contributed by atoms with Crippen molar-refractivity contribution in [3.8, 4) is 0 Å². The van der Waals surface area contributed by atoms with Crippen LogP contribution in [0.3, 0.4) is 0 Å². The Hall–Kier alpha value is -0.980. The zero-order valence-electron chi connectivity index (χ0n) is 7.25. The van der Waals surface area contributed by atoms with Crippen molar-refractivity contribution in [2.75, 3.05) is 0 Å². The first kappa shape index (κ1) is 9.57. The largest absolute Gasteiger partial charge is 0.326 e. The van der Waals surface area contributed by atoms with E-state index < -0.39 is 0 Å². The van der Waals surface area contributed by atoms with E-state index in [-0.39, 0.29) is 0 Å². The summed E-state index contributed by atoms with van der Waals surface area (Å²) in [5, 5.41) is 10.6. The quantitative estimate of drug-likeness (QED) is 0.856. The summed E-state index contributed by atoms with van der Waals surface area (Å²) in [5.41, 5.74) is 6.58. The first-order valence-electron chi connectivity index (χ1n) is 3.98. The van der Waals surface area contributed by atoms with E-state index in [2.05, 4.69) is 15.2 Å². The Bertz CT molecular complexity index is 401. The molecule has 0 aliphatic rings. The van der Waals surface area contributed by atoms with Gasteiger partial charge in [0.25, 0.3) is 0 Å². The molecular formula is C8H8N4S2. The molecule has 0 saturated heterocycles. The second kappa shape index (κ2) is 4.50. The van der Waals surface area contributed by atoms with E-state index >= 15 is 0 Å². The highest BCUT2D eigenvalue weighted by Crippen LogP contribution is 2.29. The molecule has 6 heteroatoms. The third-order valence-corrected chi connectivity index (χ3v) is 3.50. The molecule has 2 aromatic heterocycles. The lowest BCUT2D eigenvalue weighted by Gasteiger charge is -2.01. The lowest BCUT2D eigenvalue weighted by molar-refractivity contribution is 0.866. The lowest BCUT2D eigenvalue weighted by atomic mass is 10.3. The minimum absolute atomic E-state index is 0.475. The summed E-state index contributed by atoms with van der Waals surface area (Å²) in [5.74, 6) is 0. The second-order valence-electron chi connectivity index (χ2n) is 2.47. The lowest BCUT2D eigenvalue weighted by Crippen LogP contribution is -2.00. The third-order valence-electron chi connectivity index (χ3n) is 1.58. The van der Waals surface area contributed by atoms with Crippen molar-refractivity contribution in [1.29, 1.82) is 0 Å². The molecule has 0 saturated carbocycles. The number of nitrogens with zero attached hydrogens (tertiary/aromatic N) is 3. The molecule has 0 aliphatic carbocycles. The van der Waals surface area contributed by atoms with Crippen molar-refractivity contribution in [2.24, 2.45) is 5.73 Å². The average Bonchev–Trinajstić information content (AvgIpc) is 2.71. The number of hydrogen-bond donors (Lipinski definition) is 1. The summed E-state index contributed by atoms with van der Waals surface area (Å²) in [6.45, 7) is 0.475. The van der Waals surface area contributed by atoms with Gasteiger partial charge in [-0.25, -0.2) is 4.98 Å². The number of aromatic nitrogens is 3. The maximum absolute atomic E-state index is 5.58. The molecule has 4 nitrogen and oxygen atoms in total. The van der Waals surface area contributed by atoms with Crippen LogP contribution in [0.4, 0.5) is 0 Å². The molecule has 0 unspecified atom stereocenters. The van der Waals surface area contributed by atoms with Crippen molar-refractivity contribution < 1.29 is 0 Å². The number of rotatable bonds is 3. The summed E-state index contributed by atoms with van der Waals surface area (Å²) in [6, 6.07) is 1.88. The van der Waals surface area contributed by atoms with Gasteiger partial charge in [-0.05, 0) is 17.8 Å². The van der Waals surface area contributed by atoms with Crippen molar-refractivity contribution in [2.45, 2.75) is 15.9 Å². The van der Waals surface area contributed by atoms with Crippen LogP contribution in [0.5, 0.6) is 0 Å². The highest BCUT2D eigenvalue weighted by atomic mass is 32.2. The van der Waals surface area contributed by atoms with Gasteiger partial charge in [0.1, 0.15) is 5.03 Å². The Balaban J connectivity index is 2.24. The smallest absolute Gasteiger partial charge is 0.156 e. The second-order valence-corrected chi connectivity index (χ2v) is 4.60. The van der Waals surface area contributed by atoms with Crippen molar-refractivity contribution in [3.63, 3.8) is 0 Å². The topological polar surface area (TPSA) is 64.7 Å². The number of thiazole rings is 1. The molecule has 0 bridgehead atoms. The fourth-order valence-corrected chi connectivity index (χ4v) is 2.53. The van der Waals surface area contributed by atoms with Crippen LogP contribution < -0.4 is 5.73 Å². The minimum atomic E-state index is 0.475. The molecule has 0 spiro atoms. The molecular weight excluding hydrogens is 216 g/mol. The van der Waals surface area contributed by atoms with E-state index in [0.717, 1.165) is 14.9 Å². The molecule has 2 N–H and O–H groups in total. The van der Waals surface area contributed by atoms with E-state index in [1.54, 1.807) is 23.7 Å². The van der Waals surface area contributed by atoms with Gasteiger partial charge in [0, 0.05) is 29.9 Å². The van der Waals surface area contributed by atoms with Crippen LogP contribution in [0.15, 0.2) is 33.2 Å². The highest BCUT2D eigenvalue weighted by molar-refractivity contribution is 8.01. The zero-order valence-corrected chi connectivity index (χ0v) is 8.88. The Morgan fingerprint density at radius 1 is 1.43 bits per heavy atom. The van der Waals surface area contributed by atoms with E-state index in [0.29, 0.717) is 6.54 Å². The summed E-state index contributed by atoms with van der Waals surface area (Å²) in [7, 11) is 0. The molecule has 0 aromatic carbocycles. The normalized spacial score (nSPS) is 10.4. The fraction of sp³-hybridized carbons (Fsp3) is 0.125. The van der Waals surface area contributed by atoms with Crippen LogP contribution >= 0.6 is 23.1 Å². The molecule has 0 aliphatic heterocycles. The molecule has 0 amide bonds. The van der Waals surface area contributed by atoms with Gasteiger partial charge < -0.3 is 5.73 Å². The minimum Gasteiger partial charge on any atom is -0.326 e. The maximum Gasteiger partial charge on any atom is 0.156 e. The predicted octanol–water partition coefficient (Wildman–Crippen LogP) is 1.54. The van der Waals surface area contributed by atoms with E-state index in [1.165, 1.54) is 11.8 Å². The summed E-state index contributed by atoms with van der Waals surface area (Å²) in [6.07, 6.45) is 3.42. The molecule has 0 fully saturated rings. The Morgan fingerprint density at radius 2 is 2.36 bits per heavy atom. The van der Waals surface area contributed by atoms with Gasteiger partial charge in [-0.1, -0.05) is 0 Å².